The van der Waals surface area contributed by atoms with Crippen LogP contribution in [0.4, 0.5) is 0 Å². The second-order valence-electron chi connectivity index (χ2n) is 6.32. The molecule has 0 N–H and O–H groups in total. The van der Waals surface area contributed by atoms with E-state index in [9.17, 15) is 0 Å². The summed E-state index contributed by atoms with van der Waals surface area (Å²) in [5, 5.41) is 0. The summed E-state index contributed by atoms with van der Waals surface area (Å²) in [6, 6.07) is 0. The number of carbonyl (C=O) groups excluding carboxylic acids is 1. The van der Waals surface area contributed by atoms with Crippen molar-refractivity contribution in [2.75, 3.05) is 7.11 Å². The Bertz CT molecular complexity index is 474. The normalized spacial score (nSPS) is 40.8. The van der Waals surface area contributed by atoms with E-state index in [4.69, 9.17) is 4.42 Å². The predicted molar refractivity (Wildman–Crippen MR) is 73.3 cm³/mol. The summed E-state index contributed by atoms with van der Waals surface area (Å²) in [6.07, 6.45) is 16.1. The van der Waals surface area contributed by atoms with Gasteiger partial charge in [-0.25, -0.2) is 0 Å². The van der Waals surface area contributed by atoms with Crippen molar-refractivity contribution in [3.05, 3.63) is 35.5 Å². The number of rotatable bonds is 0. The van der Waals surface area contributed by atoms with E-state index in [2.05, 4.69) is 24.3 Å². The molecule has 0 aliphatic heterocycles. The number of ketones is 1. The van der Waals surface area contributed by atoms with Crippen LogP contribution in [0.15, 0.2) is 35.5 Å². The largest absolute Gasteiger partial charge is 0.343 e. The fourth-order valence-corrected chi connectivity index (χ4v) is 4.98. The number of allylic oxidation sites excluding steroid dienone is 6. The SMILES string of the molecule is C[O+]=C1C=CC(=C2C[C@@H]3C[C@H]2[C@@H]2CCC[C@H]32)C=C1. The van der Waals surface area contributed by atoms with Crippen molar-refractivity contribution in [3.8, 4) is 0 Å². The van der Waals surface area contributed by atoms with Crippen molar-refractivity contribution >= 4 is 5.78 Å². The van der Waals surface area contributed by atoms with Crippen LogP contribution in [0.5, 0.6) is 0 Å². The van der Waals surface area contributed by atoms with Gasteiger partial charge in [0.15, 0.2) is 0 Å². The van der Waals surface area contributed by atoms with Gasteiger partial charge in [0.05, 0.1) is 0 Å². The molecule has 0 aromatic carbocycles. The van der Waals surface area contributed by atoms with Crippen LogP contribution in [0, 0.1) is 23.7 Å². The highest BCUT2D eigenvalue weighted by molar-refractivity contribution is 6.01. The molecule has 3 saturated carbocycles. The zero-order chi connectivity index (χ0) is 12.1. The Morgan fingerprint density at radius 1 is 1.06 bits per heavy atom. The van der Waals surface area contributed by atoms with E-state index >= 15 is 0 Å². The van der Waals surface area contributed by atoms with Gasteiger partial charge in [0.1, 0.15) is 0 Å². The van der Waals surface area contributed by atoms with Crippen molar-refractivity contribution in [1.29, 1.82) is 0 Å². The first-order valence-electron chi connectivity index (χ1n) is 7.37. The Balaban J connectivity index is 1.66. The zero-order valence-corrected chi connectivity index (χ0v) is 11.1. The highest BCUT2D eigenvalue weighted by Crippen LogP contribution is 2.61. The third-order valence-corrected chi connectivity index (χ3v) is 5.69. The second-order valence-corrected chi connectivity index (χ2v) is 6.32. The predicted octanol–water partition coefficient (Wildman–Crippen LogP) is 3.60. The Labute approximate surface area is 109 Å². The Kier molecular flexibility index (Phi) is 2.36. The lowest BCUT2D eigenvalue weighted by Crippen LogP contribution is -2.19. The maximum absolute atomic E-state index is 5.25. The van der Waals surface area contributed by atoms with Gasteiger partial charge in [-0.1, -0.05) is 12.0 Å². The quantitative estimate of drug-likeness (QED) is 0.574. The first-order chi connectivity index (χ1) is 8.86. The molecule has 0 heterocycles. The molecular weight excluding hydrogens is 220 g/mol. The van der Waals surface area contributed by atoms with E-state index in [0.717, 1.165) is 29.5 Å². The molecule has 2 bridgehead atoms. The average Bonchev–Trinajstić information content (AvgIpc) is 3.10. The first kappa shape index (κ1) is 10.8. The third-order valence-electron chi connectivity index (χ3n) is 5.69. The molecule has 0 amide bonds. The van der Waals surface area contributed by atoms with Crippen LogP contribution >= 0.6 is 0 Å². The van der Waals surface area contributed by atoms with Crippen molar-refractivity contribution in [2.45, 2.75) is 32.1 Å². The summed E-state index contributed by atoms with van der Waals surface area (Å²) >= 11 is 0. The zero-order valence-electron chi connectivity index (χ0n) is 11.1. The van der Waals surface area contributed by atoms with E-state index in [1.165, 1.54) is 37.7 Å². The highest BCUT2D eigenvalue weighted by atomic mass is 16.4. The molecule has 0 spiro atoms. The fourth-order valence-electron chi connectivity index (χ4n) is 4.98. The minimum atomic E-state index is 0.913. The molecule has 4 atom stereocenters. The molecule has 4 rings (SSSR count). The Morgan fingerprint density at radius 3 is 2.61 bits per heavy atom. The smallest absolute Gasteiger partial charge is 0.258 e. The van der Waals surface area contributed by atoms with Gasteiger partial charge in [-0.2, -0.15) is 0 Å². The summed E-state index contributed by atoms with van der Waals surface area (Å²) in [6.45, 7) is 0. The van der Waals surface area contributed by atoms with Crippen LogP contribution in [0.3, 0.4) is 0 Å². The molecule has 1 heteroatoms. The third kappa shape index (κ3) is 1.43. The monoisotopic (exact) mass is 241 g/mol. The standard InChI is InChI=1S/C17H21O/c1-18-13-7-5-11(6-8-13)16-9-12-10-17(16)15-4-2-3-14(12)15/h5-8,12,14-15,17H,2-4,9-10H2,1H3/q+1/t12-,14-,15-,17+/m1/s1. The minimum Gasteiger partial charge on any atom is -0.258 e. The molecule has 0 unspecified atom stereocenters. The van der Waals surface area contributed by atoms with Crippen molar-refractivity contribution in [3.63, 3.8) is 0 Å². The molecule has 0 aromatic heterocycles. The molecule has 4 aliphatic carbocycles. The Hall–Kier alpha value is -1.11. The summed E-state index contributed by atoms with van der Waals surface area (Å²) in [4.78, 5) is 0. The molecule has 0 aromatic rings. The van der Waals surface area contributed by atoms with Gasteiger partial charge >= 0.3 is 5.78 Å². The van der Waals surface area contributed by atoms with E-state index < -0.39 is 0 Å². The van der Waals surface area contributed by atoms with Crippen LogP contribution in [-0.2, 0) is 4.42 Å². The van der Waals surface area contributed by atoms with Crippen LogP contribution in [0.2, 0.25) is 0 Å². The van der Waals surface area contributed by atoms with Gasteiger partial charge in [0.25, 0.3) is 7.11 Å². The topological polar surface area (TPSA) is 11.3 Å². The number of hydrogen-bond donors (Lipinski definition) is 0. The minimum absolute atomic E-state index is 0.913. The molecule has 0 radical (unpaired) electrons. The van der Waals surface area contributed by atoms with Gasteiger partial charge in [-0.3, -0.25) is 4.42 Å². The fraction of sp³-hybridized carbons (Fsp3) is 0.588. The van der Waals surface area contributed by atoms with Crippen LogP contribution in [0.1, 0.15) is 32.1 Å². The van der Waals surface area contributed by atoms with Gasteiger partial charge < -0.3 is 0 Å². The van der Waals surface area contributed by atoms with Crippen molar-refractivity contribution < 1.29 is 4.42 Å². The lowest BCUT2D eigenvalue weighted by Gasteiger charge is -2.28. The maximum atomic E-state index is 5.25. The Morgan fingerprint density at radius 2 is 1.83 bits per heavy atom. The molecule has 18 heavy (non-hydrogen) atoms. The summed E-state index contributed by atoms with van der Waals surface area (Å²) in [5.74, 6) is 5.01. The van der Waals surface area contributed by atoms with Gasteiger partial charge in [0, 0.05) is 12.2 Å². The molecule has 4 aliphatic rings. The van der Waals surface area contributed by atoms with Crippen molar-refractivity contribution in [1.82, 2.24) is 0 Å². The van der Waals surface area contributed by atoms with Gasteiger partial charge in [-0.15, -0.1) is 0 Å². The molecule has 1 nitrogen and oxygen atoms in total. The maximum Gasteiger partial charge on any atom is 0.343 e. The molecule has 94 valence electrons. The first-order valence-corrected chi connectivity index (χ1v) is 7.37. The molecule has 0 saturated heterocycles. The van der Waals surface area contributed by atoms with Crippen molar-refractivity contribution in [2.24, 2.45) is 23.7 Å². The number of hydrogen-bond acceptors (Lipinski definition) is 0. The van der Waals surface area contributed by atoms with E-state index in [1.807, 2.05) is 0 Å². The second kappa shape index (κ2) is 3.94. The average molecular weight is 241 g/mol. The summed E-state index contributed by atoms with van der Waals surface area (Å²) in [5.41, 5.74) is 3.24. The van der Waals surface area contributed by atoms with Gasteiger partial charge in [0.2, 0.25) is 0 Å². The lowest BCUT2D eigenvalue weighted by molar-refractivity contribution is -0.417. The van der Waals surface area contributed by atoms with Crippen LogP contribution < -0.4 is 0 Å². The van der Waals surface area contributed by atoms with Gasteiger partial charge in [-0.05, 0) is 67.1 Å². The van der Waals surface area contributed by atoms with Crippen LogP contribution in [-0.4, -0.2) is 12.9 Å². The van der Waals surface area contributed by atoms with E-state index in [0.29, 0.717) is 0 Å². The van der Waals surface area contributed by atoms with Crippen LogP contribution in [0.25, 0.3) is 0 Å². The number of fused-ring (bicyclic) bond motifs is 5. The molecular formula is C17H21O+. The van der Waals surface area contributed by atoms with E-state index in [-0.39, 0.29) is 0 Å². The highest BCUT2D eigenvalue weighted by Gasteiger charge is 2.51. The lowest BCUT2D eigenvalue weighted by atomic mass is 9.77. The molecule has 3 fully saturated rings. The summed E-state index contributed by atoms with van der Waals surface area (Å²) in [7, 11) is 1.74. The summed E-state index contributed by atoms with van der Waals surface area (Å²) < 4.78 is 5.25. The van der Waals surface area contributed by atoms with E-state index in [1.54, 1.807) is 12.7 Å².